The van der Waals surface area contributed by atoms with Gasteiger partial charge in [0.25, 0.3) is 11.8 Å². The van der Waals surface area contributed by atoms with E-state index < -0.39 is 24.0 Å². The maximum absolute atomic E-state index is 13.4. The van der Waals surface area contributed by atoms with Crippen LogP contribution in [0.3, 0.4) is 0 Å². The van der Waals surface area contributed by atoms with Crippen molar-refractivity contribution in [1.29, 1.82) is 0 Å². The van der Waals surface area contributed by atoms with Crippen LogP contribution in [0.15, 0.2) is 146 Å². The number of hydrogen-bond acceptors (Lipinski definition) is 7. The fourth-order valence-corrected chi connectivity index (χ4v) is 8.84. The summed E-state index contributed by atoms with van der Waals surface area (Å²) in [4.78, 5) is 53.4. The summed E-state index contributed by atoms with van der Waals surface area (Å²) in [6, 6.07) is 40.4. The molecule has 65 heavy (non-hydrogen) atoms. The van der Waals surface area contributed by atoms with Gasteiger partial charge in [-0.2, -0.15) is 0 Å². The highest BCUT2D eigenvalue weighted by Gasteiger charge is 2.44. The summed E-state index contributed by atoms with van der Waals surface area (Å²) in [5.41, 5.74) is 4.11. The smallest absolute Gasteiger partial charge is 0.326 e. The van der Waals surface area contributed by atoms with Crippen molar-refractivity contribution in [3.8, 4) is 17.2 Å². The average molecular weight is 936 g/mol. The fraction of sp³-hybridized carbons (Fsp3) is 0.216. The van der Waals surface area contributed by atoms with E-state index >= 15 is 0 Å². The summed E-state index contributed by atoms with van der Waals surface area (Å²) in [5, 5.41) is 21.0. The minimum Gasteiger partial charge on any atom is -0.497 e. The molecular weight excluding hydrogens is 891 g/mol. The Bertz CT molecular complexity index is 2630. The Morgan fingerprint density at radius 2 is 0.908 bits per heavy atom. The van der Waals surface area contributed by atoms with Gasteiger partial charge in [-0.3, -0.25) is 9.59 Å². The lowest BCUT2D eigenvalue weighted by molar-refractivity contribution is -0.142. The number of hydrogen-bond donors (Lipinski definition) is 2. The van der Waals surface area contributed by atoms with Crippen LogP contribution >= 0.6 is 34.8 Å². The van der Waals surface area contributed by atoms with Crippen LogP contribution in [0.5, 0.6) is 17.2 Å². The van der Waals surface area contributed by atoms with Crippen LogP contribution in [0, 0.1) is 0 Å². The number of para-hydroxylation sites is 1. The van der Waals surface area contributed by atoms with Crippen molar-refractivity contribution in [1.82, 2.24) is 9.80 Å². The number of benzene rings is 6. The molecule has 0 aromatic heterocycles. The maximum Gasteiger partial charge on any atom is 0.326 e. The summed E-state index contributed by atoms with van der Waals surface area (Å²) in [7, 11) is 1.61. The molecule has 2 N–H and O–H groups in total. The third kappa shape index (κ3) is 11.1. The number of carboxylic acid groups (broad SMARTS) is 2. The number of carboxylic acids is 2. The molecule has 0 aliphatic carbocycles. The molecule has 2 fully saturated rings. The molecular formula is C51H45Cl3N2O9. The first-order valence-electron chi connectivity index (χ1n) is 20.8. The van der Waals surface area contributed by atoms with Crippen molar-refractivity contribution in [2.75, 3.05) is 7.11 Å². The SMILES string of the molecule is COc1ccc(OCc2ccc(C(=O)N3[C@@H](c4ccccc4Cl)CC[C@H]3C(=O)O)cc2)cc1.O=C(O)[C@@H]1CC[C@H](c2ccccc2Cl)N1C(=O)c1ccc(COc2ccccc2Cl)cc1. The molecule has 0 saturated carbocycles. The number of amides is 2. The second kappa shape index (κ2) is 21.4. The quantitative estimate of drug-likeness (QED) is 0.116. The highest BCUT2D eigenvalue weighted by molar-refractivity contribution is 6.32. The summed E-state index contributed by atoms with van der Waals surface area (Å²) in [6.45, 7) is 0.631. The van der Waals surface area contributed by atoms with Crippen molar-refractivity contribution in [3.63, 3.8) is 0 Å². The Morgan fingerprint density at radius 1 is 0.508 bits per heavy atom. The molecule has 14 heteroatoms. The molecule has 2 aliphatic heterocycles. The van der Waals surface area contributed by atoms with Crippen LogP contribution in [0.1, 0.15) is 80.7 Å². The number of methoxy groups -OCH3 is 1. The van der Waals surface area contributed by atoms with Crippen LogP contribution < -0.4 is 14.2 Å². The Morgan fingerprint density at radius 3 is 1.32 bits per heavy atom. The zero-order valence-corrected chi connectivity index (χ0v) is 37.5. The molecule has 0 unspecified atom stereocenters. The van der Waals surface area contributed by atoms with Crippen molar-refractivity contribution in [2.24, 2.45) is 0 Å². The van der Waals surface area contributed by atoms with Gasteiger partial charge < -0.3 is 34.2 Å². The highest BCUT2D eigenvalue weighted by Crippen LogP contribution is 2.42. The van der Waals surface area contributed by atoms with E-state index in [0.717, 1.165) is 28.0 Å². The van der Waals surface area contributed by atoms with Gasteiger partial charge in [-0.15, -0.1) is 0 Å². The number of carbonyl (C=O) groups is 4. The van der Waals surface area contributed by atoms with E-state index in [1.165, 1.54) is 9.80 Å². The second-order valence-electron chi connectivity index (χ2n) is 15.4. The highest BCUT2D eigenvalue weighted by atomic mass is 35.5. The van der Waals surface area contributed by atoms with Gasteiger partial charge >= 0.3 is 11.9 Å². The van der Waals surface area contributed by atoms with Crippen LogP contribution in [-0.2, 0) is 22.8 Å². The van der Waals surface area contributed by atoms with Gasteiger partial charge in [0.15, 0.2) is 0 Å². The third-order valence-electron chi connectivity index (χ3n) is 11.4. The van der Waals surface area contributed by atoms with Crippen LogP contribution in [0.2, 0.25) is 15.1 Å². The molecule has 6 aromatic rings. The molecule has 2 heterocycles. The lowest BCUT2D eigenvalue weighted by Gasteiger charge is -2.29. The molecule has 2 saturated heterocycles. The van der Waals surface area contributed by atoms with Crippen LogP contribution in [0.25, 0.3) is 0 Å². The van der Waals surface area contributed by atoms with Crippen LogP contribution in [-0.4, -0.2) is 63.0 Å². The van der Waals surface area contributed by atoms with Gasteiger partial charge in [-0.1, -0.05) is 108 Å². The molecule has 334 valence electrons. The normalized spacial score (nSPS) is 17.7. The summed E-state index contributed by atoms with van der Waals surface area (Å²) in [6.07, 6.45) is 1.84. The summed E-state index contributed by atoms with van der Waals surface area (Å²) < 4.78 is 16.7. The van der Waals surface area contributed by atoms with Crippen molar-refractivity contribution < 1.29 is 43.6 Å². The molecule has 2 aliphatic rings. The number of rotatable bonds is 13. The Hall–Kier alpha value is -6.53. The Labute approximate surface area is 391 Å². The number of aliphatic carboxylic acids is 2. The second-order valence-corrected chi connectivity index (χ2v) is 16.7. The van der Waals surface area contributed by atoms with Gasteiger partial charge in [-0.05, 0) is 121 Å². The Kier molecular flexibility index (Phi) is 15.3. The fourth-order valence-electron chi connectivity index (χ4n) is 8.12. The van der Waals surface area contributed by atoms with Crippen molar-refractivity contribution in [3.05, 3.63) is 194 Å². The zero-order chi connectivity index (χ0) is 46.0. The Balaban J connectivity index is 0.000000194. The third-order valence-corrected chi connectivity index (χ3v) is 12.4. The minimum atomic E-state index is -1.02. The number of carbonyl (C=O) groups excluding carboxylic acids is 2. The molecule has 0 bridgehead atoms. The lowest BCUT2D eigenvalue weighted by Crippen LogP contribution is -2.41. The maximum atomic E-state index is 13.4. The van der Waals surface area contributed by atoms with E-state index in [0.29, 0.717) is 76.6 Å². The van der Waals surface area contributed by atoms with E-state index in [4.69, 9.17) is 49.0 Å². The predicted molar refractivity (Wildman–Crippen MR) is 248 cm³/mol. The first-order valence-corrected chi connectivity index (χ1v) is 22.0. The van der Waals surface area contributed by atoms with E-state index in [1.807, 2.05) is 84.9 Å². The summed E-state index contributed by atoms with van der Waals surface area (Å²) in [5.74, 6) is -0.647. The van der Waals surface area contributed by atoms with Gasteiger partial charge in [0.2, 0.25) is 0 Å². The van der Waals surface area contributed by atoms with Gasteiger partial charge in [0, 0.05) is 21.2 Å². The molecule has 11 nitrogen and oxygen atoms in total. The zero-order valence-electron chi connectivity index (χ0n) is 35.2. The molecule has 0 radical (unpaired) electrons. The molecule has 0 spiro atoms. The van der Waals surface area contributed by atoms with Crippen LogP contribution in [0.4, 0.5) is 0 Å². The predicted octanol–water partition coefficient (Wildman–Crippen LogP) is 11.4. The average Bonchev–Trinajstić information content (AvgIpc) is 3.98. The number of halogens is 3. The standard InChI is InChI=1S/C26H24ClNO5.C25H21Cl2NO4/c1-32-19-10-12-20(13-11-19)33-16-17-6-8-18(9-7-17)25(29)28-23(14-15-24(28)26(30)31)21-4-2-3-5-22(21)27;26-19-6-2-1-5-18(19)21-13-14-22(25(30)31)28(21)24(29)17-11-9-16(10-12-17)15-32-23-8-4-3-7-20(23)27/h2-13,23-24H,14-16H2,1H3,(H,30,31);1-12,21-22H,13-15H2,(H,30,31)/t23-,24+;21-,22+/m11/s1. The topological polar surface area (TPSA) is 143 Å². The van der Waals surface area contributed by atoms with E-state index in [2.05, 4.69) is 0 Å². The first-order chi connectivity index (χ1) is 31.4. The monoisotopic (exact) mass is 934 g/mol. The molecule has 6 aromatic carbocycles. The van der Waals surface area contributed by atoms with Gasteiger partial charge in [-0.25, -0.2) is 9.59 Å². The van der Waals surface area contributed by atoms with E-state index in [1.54, 1.807) is 67.8 Å². The molecule has 2 amide bonds. The first kappa shape index (κ1) is 46.5. The largest absolute Gasteiger partial charge is 0.497 e. The van der Waals surface area contributed by atoms with Gasteiger partial charge in [0.05, 0.1) is 24.2 Å². The number of ether oxygens (including phenoxy) is 3. The molecule has 8 rings (SSSR count). The number of likely N-dealkylation sites (tertiary alicyclic amines) is 2. The van der Waals surface area contributed by atoms with Crippen molar-refractivity contribution >= 4 is 58.6 Å². The minimum absolute atomic E-state index is 0.294. The van der Waals surface area contributed by atoms with E-state index in [-0.39, 0.29) is 23.9 Å². The summed E-state index contributed by atoms with van der Waals surface area (Å²) >= 11 is 18.8. The molecule has 4 atom stereocenters. The van der Waals surface area contributed by atoms with Gasteiger partial charge in [0.1, 0.15) is 42.5 Å². The van der Waals surface area contributed by atoms with Crippen molar-refractivity contribution in [2.45, 2.75) is 63.1 Å². The number of nitrogens with zero attached hydrogens (tertiary/aromatic N) is 2. The van der Waals surface area contributed by atoms with E-state index in [9.17, 15) is 29.4 Å². The lowest BCUT2D eigenvalue weighted by atomic mass is 10.0.